The van der Waals surface area contributed by atoms with Gasteiger partial charge in [-0.25, -0.2) is 0 Å². The zero-order valence-electron chi connectivity index (χ0n) is 18.3. The largest absolute Gasteiger partial charge is 0.378 e. The molecule has 2 aliphatic heterocycles. The fourth-order valence-corrected chi connectivity index (χ4v) is 8.25. The quantitative estimate of drug-likeness (QED) is 0.596. The number of carbonyl (C=O) groups excluding carboxylic acids is 1. The van der Waals surface area contributed by atoms with Crippen LogP contribution in [0.25, 0.3) is 0 Å². The van der Waals surface area contributed by atoms with Gasteiger partial charge in [-0.1, -0.05) is 11.8 Å². The Morgan fingerprint density at radius 1 is 1.03 bits per heavy atom. The van der Waals surface area contributed by atoms with Crippen molar-refractivity contribution in [3.8, 4) is 0 Å². The lowest BCUT2D eigenvalue weighted by molar-refractivity contribution is -0.141. The monoisotopic (exact) mass is 446 g/mol. The number of rotatable bonds is 7. The Labute approximate surface area is 188 Å². The third-order valence-electron chi connectivity index (χ3n) is 8.36. The number of hydrogen-bond donors (Lipinski definition) is 0. The number of ketones is 1. The van der Waals surface area contributed by atoms with Gasteiger partial charge in [0.2, 0.25) is 5.95 Å². The number of aromatic nitrogens is 3. The van der Waals surface area contributed by atoms with Gasteiger partial charge in [0.1, 0.15) is 5.78 Å². The molecule has 0 radical (unpaired) electrons. The number of anilines is 1. The Balaban J connectivity index is 1.18. The van der Waals surface area contributed by atoms with Crippen LogP contribution in [0.2, 0.25) is 0 Å². The van der Waals surface area contributed by atoms with Gasteiger partial charge in [0.05, 0.1) is 31.6 Å². The molecule has 0 amide bonds. The molecule has 1 atom stereocenters. The lowest BCUT2D eigenvalue weighted by Gasteiger charge is -2.56. The molecule has 0 aromatic carbocycles. The van der Waals surface area contributed by atoms with Crippen molar-refractivity contribution in [2.24, 2.45) is 23.2 Å². The molecule has 1 unspecified atom stereocenters. The average Bonchev–Trinajstić information content (AvgIpc) is 3.42. The van der Waals surface area contributed by atoms with E-state index in [1.807, 2.05) is 0 Å². The minimum atomic E-state index is -0.0335. The number of hydrogen-bond acceptors (Lipinski definition) is 7. The van der Waals surface area contributed by atoms with Crippen molar-refractivity contribution >= 4 is 23.5 Å². The van der Waals surface area contributed by atoms with Gasteiger partial charge in [0.25, 0.3) is 0 Å². The molecule has 1 aromatic heterocycles. The Morgan fingerprint density at radius 3 is 2.39 bits per heavy atom. The van der Waals surface area contributed by atoms with Crippen LogP contribution in [-0.4, -0.2) is 65.3 Å². The van der Waals surface area contributed by atoms with Crippen molar-refractivity contribution in [1.29, 1.82) is 0 Å². The Hall–Kier alpha value is -1.12. The first kappa shape index (κ1) is 20.5. The van der Waals surface area contributed by atoms with E-state index < -0.39 is 0 Å². The average molecular weight is 447 g/mol. The van der Waals surface area contributed by atoms with Crippen molar-refractivity contribution < 1.29 is 14.3 Å². The van der Waals surface area contributed by atoms with Gasteiger partial charge < -0.3 is 14.4 Å². The summed E-state index contributed by atoms with van der Waals surface area (Å²) in [6, 6.07) is 0. The van der Waals surface area contributed by atoms with E-state index in [1.165, 1.54) is 19.3 Å². The van der Waals surface area contributed by atoms with Gasteiger partial charge in [-0.3, -0.25) is 9.36 Å². The number of Topliss-reactive ketones (excluding diaryl/α,β-unsaturated/α-hetero) is 1. The third-order valence-corrected chi connectivity index (χ3v) is 9.33. The number of carbonyl (C=O) groups is 1. The maximum Gasteiger partial charge on any atom is 0.228 e. The summed E-state index contributed by atoms with van der Waals surface area (Å²) in [5, 5.41) is 9.96. The van der Waals surface area contributed by atoms with Crippen LogP contribution in [0.4, 0.5) is 5.95 Å². The van der Waals surface area contributed by atoms with Crippen LogP contribution in [0.15, 0.2) is 5.16 Å². The molecule has 6 fully saturated rings. The van der Waals surface area contributed by atoms with E-state index in [1.54, 1.807) is 11.8 Å². The highest BCUT2D eigenvalue weighted by molar-refractivity contribution is 7.99. The summed E-state index contributed by atoms with van der Waals surface area (Å²) in [7, 11) is 0. The maximum absolute atomic E-state index is 13.5. The predicted molar refractivity (Wildman–Crippen MR) is 118 cm³/mol. The Kier molecular flexibility index (Phi) is 5.51. The third kappa shape index (κ3) is 3.93. The standard InChI is InChI=1S/C23H34N4O3S/c28-20(23-11-16-8-17(12-23)10-18(9-16)13-23)15-31-22-25-24-21(26-3-6-29-7-4-26)27(22)14-19-2-1-5-30-19/h16-19H,1-15H2. The topological polar surface area (TPSA) is 69.5 Å². The first-order valence-electron chi connectivity index (χ1n) is 12.2. The van der Waals surface area contributed by atoms with Gasteiger partial charge in [0.15, 0.2) is 5.16 Å². The minimum Gasteiger partial charge on any atom is -0.378 e. The van der Waals surface area contributed by atoms with E-state index in [0.717, 1.165) is 100 Å². The molecule has 7 nitrogen and oxygen atoms in total. The van der Waals surface area contributed by atoms with Crippen molar-refractivity contribution in [1.82, 2.24) is 14.8 Å². The van der Waals surface area contributed by atoms with Crippen LogP contribution in [0, 0.1) is 23.2 Å². The van der Waals surface area contributed by atoms with Crippen LogP contribution >= 0.6 is 11.8 Å². The summed E-state index contributed by atoms with van der Waals surface area (Å²) in [4.78, 5) is 15.8. The highest BCUT2D eigenvalue weighted by Gasteiger charge is 2.54. The van der Waals surface area contributed by atoms with Gasteiger partial charge in [-0.05, 0) is 69.1 Å². The van der Waals surface area contributed by atoms with Crippen LogP contribution in [0.1, 0.15) is 51.4 Å². The Morgan fingerprint density at radius 2 is 1.74 bits per heavy atom. The summed E-state index contributed by atoms with van der Waals surface area (Å²) in [5.41, 5.74) is -0.0335. The molecule has 170 valence electrons. The Bertz CT molecular complexity index is 780. The van der Waals surface area contributed by atoms with Gasteiger partial charge in [-0.2, -0.15) is 0 Å². The van der Waals surface area contributed by atoms with E-state index in [-0.39, 0.29) is 11.5 Å². The molecule has 4 saturated carbocycles. The fourth-order valence-electron chi connectivity index (χ4n) is 7.27. The van der Waals surface area contributed by atoms with E-state index in [2.05, 4.69) is 19.7 Å². The molecule has 6 aliphatic rings. The normalized spacial score (nSPS) is 37.0. The van der Waals surface area contributed by atoms with E-state index in [0.29, 0.717) is 11.5 Å². The minimum absolute atomic E-state index is 0.0335. The molecule has 31 heavy (non-hydrogen) atoms. The highest BCUT2D eigenvalue weighted by Crippen LogP contribution is 2.60. The van der Waals surface area contributed by atoms with Crippen molar-refractivity contribution in [2.75, 3.05) is 43.6 Å². The molecule has 0 spiro atoms. The maximum atomic E-state index is 13.5. The first-order valence-corrected chi connectivity index (χ1v) is 13.2. The number of ether oxygens (including phenoxy) is 2. The number of nitrogens with zero attached hydrogens (tertiary/aromatic N) is 4. The molecule has 4 aliphatic carbocycles. The zero-order valence-corrected chi connectivity index (χ0v) is 19.2. The molecule has 7 rings (SSSR count). The van der Waals surface area contributed by atoms with E-state index >= 15 is 0 Å². The van der Waals surface area contributed by atoms with Crippen LogP contribution in [0.3, 0.4) is 0 Å². The predicted octanol–water partition coefficient (Wildman–Crippen LogP) is 3.17. The lowest BCUT2D eigenvalue weighted by atomic mass is 9.48. The number of thioether (sulfide) groups is 1. The van der Waals surface area contributed by atoms with E-state index in [4.69, 9.17) is 9.47 Å². The SMILES string of the molecule is O=C(CSc1nnc(N2CCOCC2)n1CC1CCCO1)C12CC3CC(CC(C3)C1)C2. The summed E-state index contributed by atoms with van der Waals surface area (Å²) >= 11 is 1.60. The van der Waals surface area contributed by atoms with Gasteiger partial charge in [0, 0.05) is 25.1 Å². The summed E-state index contributed by atoms with van der Waals surface area (Å²) in [6.45, 7) is 4.72. The smallest absolute Gasteiger partial charge is 0.228 e. The molecule has 2 saturated heterocycles. The summed E-state index contributed by atoms with van der Waals surface area (Å²) in [5.74, 6) is 4.31. The molecular weight excluding hydrogens is 412 g/mol. The fraction of sp³-hybridized carbons (Fsp3) is 0.870. The van der Waals surface area contributed by atoms with Crippen LogP contribution < -0.4 is 4.90 Å². The van der Waals surface area contributed by atoms with Crippen molar-refractivity contribution in [3.63, 3.8) is 0 Å². The molecule has 4 bridgehead atoms. The lowest BCUT2D eigenvalue weighted by Crippen LogP contribution is -2.50. The summed E-state index contributed by atoms with van der Waals surface area (Å²) in [6.07, 6.45) is 9.95. The van der Waals surface area contributed by atoms with Crippen molar-refractivity contribution in [2.45, 2.75) is 69.2 Å². The second kappa shape index (κ2) is 8.34. The second-order valence-electron chi connectivity index (χ2n) is 10.5. The molecular formula is C23H34N4O3S. The van der Waals surface area contributed by atoms with Crippen LogP contribution in [-0.2, 0) is 20.8 Å². The van der Waals surface area contributed by atoms with E-state index in [9.17, 15) is 4.79 Å². The first-order chi connectivity index (χ1) is 15.2. The molecule has 0 N–H and O–H groups in total. The molecule has 3 heterocycles. The zero-order chi connectivity index (χ0) is 20.8. The van der Waals surface area contributed by atoms with Crippen LogP contribution in [0.5, 0.6) is 0 Å². The molecule has 1 aromatic rings. The van der Waals surface area contributed by atoms with Gasteiger partial charge >= 0.3 is 0 Å². The summed E-state index contributed by atoms with van der Waals surface area (Å²) < 4.78 is 13.6. The molecule has 8 heteroatoms. The number of morpholine rings is 1. The van der Waals surface area contributed by atoms with Crippen molar-refractivity contribution in [3.05, 3.63) is 0 Å². The highest BCUT2D eigenvalue weighted by atomic mass is 32.2. The second-order valence-corrected chi connectivity index (χ2v) is 11.5. The van der Waals surface area contributed by atoms with Gasteiger partial charge in [-0.15, -0.1) is 10.2 Å².